The van der Waals surface area contributed by atoms with E-state index in [-0.39, 0.29) is 18.9 Å². The van der Waals surface area contributed by atoms with Crippen molar-refractivity contribution < 1.29 is 24.2 Å². The number of hydrogen-bond donors (Lipinski definition) is 3. The van der Waals surface area contributed by atoms with E-state index in [9.17, 15) is 14.4 Å². The number of aliphatic carboxylic acids is 1. The summed E-state index contributed by atoms with van der Waals surface area (Å²) in [6.07, 6.45) is 5.55. The Hall–Kier alpha value is -4.81. The molecule has 4 heterocycles. The highest BCUT2D eigenvalue weighted by Gasteiger charge is 2.26. The minimum absolute atomic E-state index is 0.158. The van der Waals surface area contributed by atoms with E-state index in [0.717, 1.165) is 11.4 Å². The lowest BCUT2D eigenvalue weighted by molar-refractivity contribution is -0.138. The van der Waals surface area contributed by atoms with Crippen molar-refractivity contribution in [3.63, 3.8) is 0 Å². The molecule has 40 heavy (non-hydrogen) atoms. The average Bonchev–Trinajstić information content (AvgIpc) is 2.91. The third-order valence-corrected chi connectivity index (χ3v) is 5.79. The van der Waals surface area contributed by atoms with Gasteiger partial charge >= 0.3 is 12.1 Å². The van der Waals surface area contributed by atoms with Gasteiger partial charge in [-0.05, 0) is 39.0 Å². The molecule has 210 valence electrons. The lowest BCUT2D eigenvalue weighted by Gasteiger charge is -2.36. The average molecular weight is 549 g/mol. The smallest absolute Gasteiger partial charge is 0.410 e. The van der Waals surface area contributed by atoms with Crippen molar-refractivity contribution >= 4 is 41.1 Å². The zero-order valence-corrected chi connectivity index (χ0v) is 22.6. The third kappa shape index (κ3) is 8.09. The highest BCUT2D eigenvalue weighted by atomic mass is 16.6. The fourth-order valence-corrected chi connectivity index (χ4v) is 3.95. The summed E-state index contributed by atoms with van der Waals surface area (Å²) < 4.78 is 5.49. The van der Waals surface area contributed by atoms with E-state index in [1.165, 1.54) is 0 Å². The van der Waals surface area contributed by atoms with Crippen LogP contribution in [0, 0.1) is 0 Å². The fraction of sp³-hybridized carbons (Fsp3) is 0.370. The molecule has 0 spiro atoms. The first-order valence-corrected chi connectivity index (χ1v) is 12.8. The molecule has 0 saturated carbocycles. The monoisotopic (exact) mass is 548 g/mol. The maximum Gasteiger partial charge on any atom is 0.410 e. The summed E-state index contributed by atoms with van der Waals surface area (Å²) in [6, 6.07) is 7.05. The van der Waals surface area contributed by atoms with Gasteiger partial charge in [0.15, 0.2) is 0 Å². The van der Waals surface area contributed by atoms with Gasteiger partial charge in [0.1, 0.15) is 23.1 Å². The Labute approximate surface area is 231 Å². The topological polar surface area (TPSA) is 163 Å². The van der Waals surface area contributed by atoms with E-state index in [4.69, 9.17) is 14.8 Å². The van der Waals surface area contributed by atoms with E-state index in [1.54, 1.807) is 41.8 Å². The molecule has 0 radical (unpaired) electrons. The maximum absolute atomic E-state index is 12.4. The van der Waals surface area contributed by atoms with Crippen molar-refractivity contribution in [3.05, 3.63) is 49.1 Å². The zero-order valence-electron chi connectivity index (χ0n) is 22.6. The van der Waals surface area contributed by atoms with Crippen molar-refractivity contribution in [2.24, 2.45) is 0 Å². The highest BCUT2D eigenvalue weighted by Crippen LogP contribution is 2.28. The van der Waals surface area contributed by atoms with Crippen LogP contribution in [0.4, 0.5) is 27.9 Å². The predicted molar refractivity (Wildman–Crippen MR) is 148 cm³/mol. The Morgan fingerprint density at radius 2 is 1.75 bits per heavy atom. The number of aromatic nitrogens is 4. The Morgan fingerprint density at radius 3 is 2.42 bits per heavy atom. The van der Waals surface area contributed by atoms with Crippen LogP contribution in [-0.2, 0) is 14.3 Å². The predicted octanol–water partition coefficient (Wildman–Crippen LogP) is 3.54. The van der Waals surface area contributed by atoms with Crippen LogP contribution in [0.25, 0.3) is 11.3 Å². The van der Waals surface area contributed by atoms with Gasteiger partial charge in [0.25, 0.3) is 0 Å². The SMILES string of the molecule is CC(C)(C)OC(=O)N1CCN(c2cc(-c3cc(NC(=O)CCC(=O)O)cc(Nc4cnccn4)n3)ccn2)CC1. The van der Waals surface area contributed by atoms with E-state index in [0.29, 0.717) is 49.2 Å². The van der Waals surface area contributed by atoms with Gasteiger partial charge < -0.3 is 30.3 Å². The van der Waals surface area contributed by atoms with Gasteiger partial charge in [0, 0.05) is 68.5 Å². The molecule has 1 saturated heterocycles. The number of carboxylic acid groups (broad SMARTS) is 1. The number of nitrogens with zero attached hydrogens (tertiary/aromatic N) is 6. The lowest BCUT2D eigenvalue weighted by atomic mass is 10.1. The summed E-state index contributed by atoms with van der Waals surface area (Å²) in [7, 11) is 0. The number of pyridine rings is 2. The van der Waals surface area contributed by atoms with Gasteiger partial charge in [0.05, 0.1) is 18.3 Å². The quantitative estimate of drug-likeness (QED) is 0.377. The van der Waals surface area contributed by atoms with Crippen LogP contribution in [0.1, 0.15) is 33.6 Å². The number of amides is 2. The molecule has 0 bridgehead atoms. The standard InChI is InChI=1S/C27H32N8O5/c1-27(2,3)40-26(39)35-12-10-34(11-13-35)23-14-18(6-7-30-23)20-15-19(31-24(36)4-5-25(37)38)16-21(32-20)33-22-17-28-8-9-29-22/h6-9,14-17H,4-5,10-13H2,1-3H3,(H,37,38)(H2,29,31,32,33,36). The largest absolute Gasteiger partial charge is 0.481 e. The Kier molecular flexibility index (Phi) is 8.72. The number of rotatable bonds is 8. The van der Waals surface area contributed by atoms with Crippen LogP contribution < -0.4 is 15.5 Å². The van der Waals surface area contributed by atoms with Gasteiger partial charge in [-0.1, -0.05) is 0 Å². The summed E-state index contributed by atoms with van der Waals surface area (Å²) >= 11 is 0. The van der Waals surface area contributed by atoms with E-state index < -0.39 is 17.5 Å². The number of anilines is 4. The number of hydrogen-bond acceptors (Lipinski definition) is 10. The van der Waals surface area contributed by atoms with Gasteiger partial charge in [-0.3, -0.25) is 14.6 Å². The van der Waals surface area contributed by atoms with Crippen molar-refractivity contribution in [1.82, 2.24) is 24.8 Å². The summed E-state index contributed by atoms with van der Waals surface area (Å²) in [5, 5.41) is 14.7. The maximum atomic E-state index is 12.4. The van der Waals surface area contributed by atoms with Crippen molar-refractivity contribution in [3.8, 4) is 11.3 Å². The fourth-order valence-electron chi connectivity index (χ4n) is 3.95. The van der Waals surface area contributed by atoms with Crippen molar-refractivity contribution in [2.75, 3.05) is 41.7 Å². The number of ether oxygens (including phenoxy) is 1. The van der Waals surface area contributed by atoms with Gasteiger partial charge in [-0.15, -0.1) is 0 Å². The minimum Gasteiger partial charge on any atom is -0.481 e. The van der Waals surface area contributed by atoms with Crippen LogP contribution in [0.3, 0.4) is 0 Å². The number of piperazine rings is 1. The van der Waals surface area contributed by atoms with Crippen LogP contribution in [0.2, 0.25) is 0 Å². The van der Waals surface area contributed by atoms with E-state index >= 15 is 0 Å². The zero-order chi connectivity index (χ0) is 28.7. The first-order chi connectivity index (χ1) is 19.1. The molecule has 0 atom stereocenters. The van der Waals surface area contributed by atoms with E-state index in [1.807, 2.05) is 32.9 Å². The van der Waals surface area contributed by atoms with Crippen molar-refractivity contribution in [2.45, 2.75) is 39.2 Å². The molecule has 13 heteroatoms. The highest BCUT2D eigenvalue weighted by molar-refractivity contribution is 5.93. The van der Waals surface area contributed by atoms with Crippen LogP contribution in [0.5, 0.6) is 0 Å². The molecule has 0 aromatic carbocycles. The molecule has 0 aliphatic carbocycles. The second kappa shape index (κ2) is 12.4. The van der Waals surface area contributed by atoms with Crippen molar-refractivity contribution in [1.29, 1.82) is 0 Å². The molecule has 1 aliphatic rings. The van der Waals surface area contributed by atoms with E-state index in [2.05, 4.69) is 30.5 Å². The molecule has 3 aromatic rings. The Balaban J connectivity index is 1.54. The second-order valence-corrected chi connectivity index (χ2v) is 10.1. The molecule has 1 fully saturated rings. The summed E-state index contributed by atoms with van der Waals surface area (Å²) in [5.74, 6) is 0.127. The minimum atomic E-state index is -1.05. The Bertz CT molecular complexity index is 1350. The number of carboxylic acids is 1. The molecule has 2 amide bonds. The molecule has 1 aliphatic heterocycles. The molecule has 0 unspecified atom stereocenters. The lowest BCUT2D eigenvalue weighted by Crippen LogP contribution is -2.50. The number of nitrogens with one attached hydrogen (secondary N) is 2. The number of carbonyl (C=O) groups is 3. The normalized spacial score (nSPS) is 13.5. The number of carbonyl (C=O) groups excluding carboxylic acids is 2. The summed E-state index contributed by atoms with van der Waals surface area (Å²) in [4.78, 5) is 56.9. The molecular formula is C27H32N8O5. The van der Waals surface area contributed by atoms with Gasteiger partial charge in [0.2, 0.25) is 5.91 Å². The first kappa shape index (κ1) is 28.2. The van der Waals surface area contributed by atoms with Crippen LogP contribution in [0.15, 0.2) is 49.1 Å². The van der Waals surface area contributed by atoms with Gasteiger partial charge in [-0.2, -0.15) is 0 Å². The van der Waals surface area contributed by atoms with Crippen LogP contribution >= 0.6 is 0 Å². The first-order valence-electron chi connectivity index (χ1n) is 12.8. The molecular weight excluding hydrogens is 516 g/mol. The molecule has 3 N–H and O–H groups in total. The molecule has 13 nitrogen and oxygen atoms in total. The summed E-state index contributed by atoms with van der Waals surface area (Å²) in [5.41, 5.74) is 1.19. The van der Waals surface area contributed by atoms with Crippen LogP contribution in [-0.4, -0.2) is 79.7 Å². The Morgan fingerprint density at radius 1 is 0.975 bits per heavy atom. The second-order valence-electron chi connectivity index (χ2n) is 10.1. The van der Waals surface area contributed by atoms with Gasteiger partial charge in [-0.25, -0.2) is 19.7 Å². The molecule has 3 aromatic heterocycles. The molecule has 4 rings (SSSR count). The summed E-state index contributed by atoms with van der Waals surface area (Å²) in [6.45, 7) is 7.70. The third-order valence-electron chi connectivity index (χ3n) is 5.79.